The van der Waals surface area contributed by atoms with Crippen molar-refractivity contribution in [2.45, 2.75) is 0 Å². The highest BCUT2D eigenvalue weighted by Gasteiger charge is 2.10. The molecule has 0 unspecified atom stereocenters. The van der Waals surface area contributed by atoms with Crippen LogP contribution in [0.2, 0.25) is 5.02 Å². The lowest BCUT2D eigenvalue weighted by molar-refractivity contribution is -0.118. The van der Waals surface area contributed by atoms with E-state index in [1.807, 2.05) is 0 Å². The fourth-order valence-electron chi connectivity index (χ4n) is 1.43. The van der Waals surface area contributed by atoms with Crippen LogP contribution in [0.1, 0.15) is 9.67 Å². The molecule has 0 atom stereocenters. The van der Waals surface area contributed by atoms with E-state index in [-0.39, 0.29) is 11.5 Å². The number of anilines is 1. The topological polar surface area (TPSA) is 75.6 Å². The van der Waals surface area contributed by atoms with Gasteiger partial charge < -0.3 is 15.2 Å². The number of rotatable bonds is 5. The van der Waals surface area contributed by atoms with E-state index >= 15 is 0 Å². The lowest BCUT2D eigenvalue weighted by atomic mass is 10.3. The van der Waals surface area contributed by atoms with E-state index in [2.05, 4.69) is 21.2 Å². The molecule has 0 saturated heterocycles. The predicted octanol–water partition coefficient (Wildman–Crippen LogP) is 3.88. The van der Waals surface area contributed by atoms with E-state index < -0.39 is 11.9 Å². The predicted molar refractivity (Wildman–Crippen MR) is 84.6 cm³/mol. The molecule has 0 radical (unpaired) electrons. The first-order valence-corrected chi connectivity index (χ1v) is 7.65. The summed E-state index contributed by atoms with van der Waals surface area (Å²) in [6, 6.07) is 8.01. The van der Waals surface area contributed by atoms with Gasteiger partial charge in [-0.05, 0) is 30.3 Å². The van der Waals surface area contributed by atoms with Crippen LogP contribution in [0.5, 0.6) is 5.75 Å². The van der Waals surface area contributed by atoms with Gasteiger partial charge in [-0.3, -0.25) is 4.79 Å². The van der Waals surface area contributed by atoms with E-state index in [9.17, 15) is 9.59 Å². The Hall–Kier alpha value is -1.57. The minimum absolute atomic E-state index is 0.155. The minimum Gasteiger partial charge on any atom is -0.482 e. The van der Waals surface area contributed by atoms with Gasteiger partial charge in [0.1, 0.15) is 10.6 Å². The molecule has 110 valence electrons. The molecule has 5 nitrogen and oxygen atoms in total. The Bertz CT molecular complexity index is 689. The zero-order valence-corrected chi connectivity index (χ0v) is 13.6. The molecule has 1 heterocycles. The number of aromatic carboxylic acids is 1. The van der Waals surface area contributed by atoms with E-state index in [4.69, 9.17) is 21.4 Å². The Labute approximate surface area is 137 Å². The second kappa shape index (κ2) is 6.93. The van der Waals surface area contributed by atoms with Crippen LogP contribution in [0.15, 0.2) is 34.8 Å². The van der Waals surface area contributed by atoms with E-state index in [1.165, 1.54) is 12.1 Å². The number of halogens is 2. The van der Waals surface area contributed by atoms with Crippen LogP contribution in [-0.2, 0) is 4.79 Å². The molecule has 2 N–H and O–H groups in total. The van der Waals surface area contributed by atoms with E-state index in [0.717, 1.165) is 15.8 Å². The largest absolute Gasteiger partial charge is 0.482 e. The third kappa shape index (κ3) is 4.45. The highest BCUT2D eigenvalue weighted by atomic mass is 79.9. The van der Waals surface area contributed by atoms with E-state index in [1.54, 1.807) is 18.2 Å². The molecule has 2 rings (SSSR count). The Balaban J connectivity index is 1.91. The number of carbonyl (C=O) groups excluding carboxylic acids is 1. The zero-order chi connectivity index (χ0) is 15.4. The molecule has 0 fully saturated rings. The molecule has 8 heteroatoms. The first-order chi connectivity index (χ1) is 9.95. The van der Waals surface area contributed by atoms with Crippen molar-refractivity contribution in [1.29, 1.82) is 0 Å². The Morgan fingerprint density at radius 1 is 1.33 bits per heavy atom. The minimum atomic E-state index is -1.03. The third-order valence-electron chi connectivity index (χ3n) is 2.33. The van der Waals surface area contributed by atoms with Crippen molar-refractivity contribution in [3.63, 3.8) is 0 Å². The number of ether oxygens (including phenoxy) is 1. The van der Waals surface area contributed by atoms with Gasteiger partial charge in [0.2, 0.25) is 0 Å². The summed E-state index contributed by atoms with van der Waals surface area (Å²) in [5, 5.41) is 12.2. The lowest BCUT2D eigenvalue weighted by Gasteiger charge is -2.08. The van der Waals surface area contributed by atoms with Crippen molar-refractivity contribution in [2.75, 3.05) is 11.9 Å². The average Bonchev–Trinajstić information content (AvgIpc) is 2.86. The van der Waals surface area contributed by atoms with Gasteiger partial charge in [0.05, 0.1) is 10.0 Å². The number of carbonyl (C=O) groups is 2. The number of benzene rings is 1. The fraction of sp³-hybridized carbons (Fsp3) is 0.0769. The molecule has 0 spiro atoms. The maximum atomic E-state index is 11.7. The average molecular weight is 391 g/mol. The zero-order valence-electron chi connectivity index (χ0n) is 10.4. The quantitative estimate of drug-likeness (QED) is 0.812. The maximum Gasteiger partial charge on any atom is 0.345 e. The van der Waals surface area contributed by atoms with Gasteiger partial charge in [-0.25, -0.2) is 4.79 Å². The molecule has 0 saturated carbocycles. The highest BCUT2D eigenvalue weighted by molar-refractivity contribution is 9.10. The van der Waals surface area contributed by atoms with Crippen LogP contribution in [0, 0.1) is 0 Å². The first-order valence-electron chi connectivity index (χ1n) is 5.66. The molecule has 0 aliphatic heterocycles. The van der Waals surface area contributed by atoms with Crippen LogP contribution >= 0.6 is 38.9 Å². The summed E-state index contributed by atoms with van der Waals surface area (Å²) in [7, 11) is 0. The van der Waals surface area contributed by atoms with Crippen LogP contribution < -0.4 is 10.1 Å². The molecule has 21 heavy (non-hydrogen) atoms. The molecule has 0 aliphatic carbocycles. The number of nitrogens with one attached hydrogen (secondary N) is 1. The second-order valence-electron chi connectivity index (χ2n) is 3.88. The molecular weight excluding hydrogens is 382 g/mol. The van der Waals surface area contributed by atoms with Gasteiger partial charge in [0.15, 0.2) is 6.61 Å². The van der Waals surface area contributed by atoms with Crippen LogP contribution in [0.3, 0.4) is 0 Å². The summed E-state index contributed by atoms with van der Waals surface area (Å²) in [6.07, 6.45) is 0. The Kier molecular flexibility index (Phi) is 5.22. The third-order valence-corrected chi connectivity index (χ3v) is 4.11. The summed E-state index contributed by atoms with van der Waals surface area (Å²) in [4.78, 5) is 22.6. The first kappa shape index (κ1) is 15.8. The van der Waals surface area contributed by atoms with Crippen molar-refractivity contribution in [3.05, 3.63) is 44.7 Å². The summed E-state index contributed by atoms with van der Waals surface area (Å²) >= 11 is 10.2. The number of carboxylic acid groups (broad SMARTS) is 1. The smallest absolute Gasteiger partial charge is 0.345 e. The molecule has 0 bridgehead atoms. The number of hydrogen-bond donors (Lipinski definition) is 2. The number of hydrogen-bond acceptors (Lipinski definition) is 4. The van der Waals surface area contributed by atoms with Crippen molar-refractivity contribution < 1.29 is 19.4 Å². The van der Waals surface area contributed by atoms with Crippen LogP contribution in [0.25, 0.3) is 0 Å². The molecule has 0 aliphatic rings. The summed E-state index contributed by atoms with van der Waals surface area (Å²) < 4.78 is 6.11. The Morgan fingerprint density at radius 3 is 2.71 bits per heavy atom. The molecule has 1 aromatic heterocycles. The Morgan fingerprint density at radius 2 is 2.10 bits per heavy atom. The molecule has 2 aromatic rings. The van der Waals surface area contributed by atoms with Gasteiger partial charge in [-0.2, -0.15) is 0 Å². The number of thiophene rings is 1. The van der Waals surface area contributed by atoms with Gasteiger partial charge >= 0.3 is 5.97 Å². The van der Waals surface area contributed by atoms with Crippen molar-refractivity contribution in [1.82, 2.24) is 0 Å². The van der Waals surface area contributed by atoms with Crippen molar-refractivity contribution in [2.24, 2.45) is 0 Å². The van der Waals surface area contributed by atoms with Crippen LogP contribution in [-0.4, -0.2) is 23.6 Å². The molecule has 1 amide bonds. The second-order valence-corrected chi connectivity index (χ2v) is 6.29. The number of carboxylic acids is 1. The SMILES string of the molecule is O=C(COc1ccc(Br)cc1Cl)Nc1ccc(C(=O)O)s1. The fourth-order valence-corrected chi connectivity index (χ4v) is 2.92. The van der Waals surface area contributed by atoms with Crippen molar-refractivity contribution in [3.8, 4) is 5.75 Å². The summed E-state index contributed by atoms with van der Waals surface area (Å²) in [5.74, 6) is -1.03. The maximum absolute atomic E-state index is 11.7. The molecule has 1 aromatic carbocycles. The van der Waals surface area contributed by atoms with Gasteiger partial charge in [0.25, 0.3) is 5.91 Å². The van der Waals surface area contributed by atoms with Crippen molar-refractivity contribution >= 4 is 55.7 Å². The highest BCUT2D eigenvalue weighted by Crippen LogP contribution is 2.27. The normalized spacial score (nSPS) is 10.2. The van der Waals surface area contributed by atoms with E-state index in [0.29, 0.717) is 15.8 Å². The monoisotopic (exact) mass is 389 g/mol. The van der Waals surface area contributed by atoms with Crippen LogP contribution in [0.4, 0.5) is 5.00 Å². The van der Waals surface area contributed by atoms with Gasteiger partial charge in [-0.1, -0.05) is 27.5 Å². The van der Waals surface area contributed by atoms with Gasteiger partial charge in [-0.15, -0.1) is 11.3 Å². The molecular formula is C13H9BrClNO4S. The summed E-state index contributed by atoms with van der Waals surface area (Å²) in [6.45, 7) is -0.221. The summed E-state index contributed by atoms with van der Waals surface area (Å²) in [5.41, 5.74) is 0. The number of amides is 1. The van der Waals surface area contributed by atoms with Gasteiger partial charge in [0, 0.05) is 4.47 Å². The standard InChI is InChI=1S/C13H9BrClNO4S/c14-7-1-2-9(8(15)5-7)20-6-11(17)16-12-4-3-10(21-12)13(18)19/h1-5H,6H2,(H,16,17)(H,18,19). The lowest BCUT2D eigenvalue weighted by Crippen LogP contribution is -2.19.